The average molecular weight is 392 g/mol. The number of aromatic nitrogens is 2. The topological polar surface area (TPSA) is 106 Å². The van der Waals surface area contributed by atoms with Crippen LogP contribution in [-0.2, 0) is 23.1 Å². The molecular weight excluding hydrogens is 373 g/mol. The van der Waals surface area contributed by atoms with Crippen molar-refractivity contribution in [1.82, 2.24) is 19.3 Å². The Labute approximate surface area is 151 Å². The highest BCUT2D eigenvalue weighted by Crippen LogP contribution is 2.18. The third kappa shape index (κ3) is 4.53. The highest BCUT2D eigenvalue weighted by atomic mass is 35.5. The summed E-state index contributed by atoms with van der Waals surface area (Å²) in [4.78, 5) is 6.28. The van der Waals surface area contributed by atoms with Crippen molar-refractivity contribution in [3.63, 3.8) is 0 Å². The summed E-state index contributed by atoms with van der Waals surface area (Å²) in [5, 5.41) is 3.83. The maximum atomic E-state index is 13.0. The molecule has 0 saturated carbocycles. The molecule has 0 amide bonds. The Morgan fingerprint density at radius 3 is 2.36 bits per heavy atom. The molecule has 0 radical (unpaired) electrons. The van der Waals surface area contributed by atoms with E-state index >= 15 is 0 Å². The highest BCUT2D eigenvalue weighted by Gasteiger charge is 2.28. The molecule has 1 aromatic carbocycles. The first-order valence-electron chi connectivity index (χ1n) is 7.48. The Kier molecular flexibility index (Phi) is 6.47. The molecule has 0 unspecified atom stereocenters. The summed E-state index contributed by atoms with van der Waals surface area (Å²) in [6.07, 6.45) is 0. The van der Waals surface area contributed by atoms with Crippen molar-refractivity contribution in [3.8, 4) is 0 Å². The second-order valence-corrected chi connectivity index (χ2v) is 7.38. The summed E-state index contributed by atoms with van der Waals surface area (Å²) in [7, 11) is -3.60. The molecule has 138 valence electrons. The number of sulfonamides is 1. The number of hydrogen-bond acceptors (Lipinski definition) is 7. The maximum absolute atomic E-state index is 13.0. The van der Waals surface area contributed by atoms with Gasteiger partial charge in [-0.15, -0.1) is 12.4 Å². The molecule has 11 heteroatoms. The fraction of sp³-hybridized carbons (Fsp3) is 0.429. The summed E-state index contributed by atoms with van der Waals surface area (Å²) in [6, 6.07) is 4.86. The van der Waals surface area contributed by atoms with E-state index in [0.29, 0.717) is 44.4 Å². The van der Waals surface area contributed by atoms with Crippen LogP contribution in [0.15, 0.2) is 33.7 Å². The van der Waals surface area contributed by atoms with Crippen LogP contribution in [-0.4, -0.2) is 53.9 Å². The number of piperazine rings is 1. The maximum Gasteiger partial charge on any atom is 0.243 e. The summed E-state index contributed by atoms with van der Waals surface area (Å²) in [5.41, 5.74) is 5.42. The van der Waals surface area contributed by atoms with E-state index in [0.717, 1.165) is 12.1 Å². The minimum absolute atomic E-state index is 0. The third-order valence-electron chi connectivity index (χ3n) is 3.83. The first-order valence-corrected chi connectivity index (χ1v) is 8.92. The molecular formula is C14H19ClFN5O3S. The van der Waals surface area contributed by atoms with Gasteiger partial charge in [-0.1, -0.05) is 5.16 Å². The van der Waals surface area contributed by atoms with Gasteiger partial charge in [0.25, 0.3) is 0 Å². The SMILES string of the molecule is Cl.NCc1nc(CN2CCN(S(=O)(=O)c3ccc(F)cc3)CC2)no1. The molecule has 1 aliphatic heterocycles. The van der Waals surface area contributed by atoms with Gasteiger partial charge in [-0.3, -0.25) is 4.90 Å². The molecule has 0 spiro atoms. The molecule has 25 heavy (non-hydrogen) atoms. The van der Waals surface area contributed by atoms with Crippen LogP contribution >= 0.6 is 12.4 Å². The zero-order valence-corrected chi connectivity index (χ0v) is 15.0. The Bertz CT molecular complexity index is 791. The molecule has 0 aliphatic carbocycles. The predicted molar refractivity (Wildman–Crippen MR) is 89.9 cm³/mol. The van der Waals surface area contributed by atoms with Gasteiger partial charge in [0.15, 0.2) is 5.82 Å². The van der Waals surface area contributed by atoms with Gasteiger partial charge in [-0.05, 0) is 24.3 Å². The molecule has 0 atom stereocenters. The van der Waals surface area contributed by atoms with Crippen LogP contribution in [0.25, 0.3) is 0 Å². The highest BCUT2D eigenvalue weighted by molar-refractivity contribution is 7.89. The predicted octanol–water partition coefficient (Wildman–Crippen LogP) is 0.596. The molecule has 8 nitrogen and oxygen atoms in total. The molecule has 2 N–H and O–H groups in total. The molecule has 1 fully saturated rings. The number of nitrogens with zero attached hydrogens (tertiary/aromatic N) is 4. The minimum Gasteiger partial charge on any atom is -0.338 e. The number of benzene rings is 1. The second-order valence-electron chi connectivity index (χ2n) is 5.44. The standard InChI is InChI=1S/C14H18FN5O3S.ClH/c15-11-1-3-12(4-2-11)24(21,22)20-7-5-19(6-8-20)10-13-17-14(9-16)23-18-13;/h1-4H,5-10,16H2;1H. The lowest BCUT2D eigenvalue weighted by atomic mass is 10.3. The fourth-order valence-corrected chi connectivity index (χ4v) is 3.94. The molecule has 1 aliphatic rings. The van der Waals surface area contributed by atoms with Crippen molar-refractivity contribution >= 4 is 22.4 Å². The van der Waals surface area contributed by atoms with Crippen molar-refractivity contribution < 1.29 is 17.3 Å². The van der Waals surface area contributed by atoms with Gasteiger partial charge in [0.05, 0.1) is 18.0 Å². The molecule has 2 heterocycles. The van der Waals surface area contributed by atoms with Gasteiger partial charge in [0, 0.05) is 26.2 Å². The lowest BCUT2D eigenvalue weighted by Gasteiger charge is -2.33. The lowest BCUT2D eigenvalue weighted by molar-refractivity contribution is 0.176. The smallest absolute Gasteiger partial charge is 0.243 e. The summed E-state index contributed by atoms with van der Waals surface area (Å²) in [5.74, 6) is 0.448. The summed E-state index contributed by atoms with van der Waals surface area (Å²) >= 11 is 0. The first-order chi connectivity index (χ1) is 11.5. The van der Waals surface area contributed by atoms with Gasteiger partial charge in [-0.2, -0.15) is 9.29 Å². The number of hydrogen-bond donors (Lipinski definition) is 1. The van der Waals surface area contributed by atoms with Gasteiger partial charge in [-0.25, -0.2) is 12.8 Å². The van der Waals surface area contributed by atoms with Crippen LogP contribution in [0, 0.1) is 5.82 Å². The van der Waals surface area contributed by atoms with Crippen molar-refractivity contribution in [2.75, 3.05) is 26.2 Å². The van der Waals surface area contributed by atoms with Crippen molar-refractivity contribution in [3.05, 3.63) is 41.8 Å². The lowest BCUT2D eigenvalue weighted by Crippen LogP contribution is -2.48. The van der Waals surface area contributed by atoms with E-state index in [1.807, 2.05) is 4.90 Å². The Hall–Kier alpha value is -1.59. The van der Waals surface area contributed by atoms with Gasteiger partial charge in [0.1, 0.15) is 5.82 Å². The number of halogens is 2. The van der Waals surface area contributed by atoms with Crippen LogP contribution in [0.5, 0.6) is 0 Å². The zero-order valence-electron chi connectivity index (χ0n) is 13.3. The number of rotatable bonds is 5. The quantitative estimate of drug-likeness (QED) is 0.795. The Morgan fingerprint density at radius 2 is 1.80 bits per heavy atom. The van der Waals surface area contributed by atoms with E-state index in [1.165, 1.54) is 16.4 Å². The van der Waals surface area contributed by atoms with Crippen LogP contribution in [0.2, 0.25) is 0 Å². The largest absolute Gasteiger partial charge is 0.338 e. The average Bonchev–Trinajstić information content (AvgIpc) is 3.03. The van der Waals surface area contributed by atoms with Crippen LogP contribution in [0.3, 0.4) is 0 Å². The van der Waals surface area contributed by atoms with E-state index in [-0.39, 0.29) is 23.8 Å². The van der Waals surface area contributed by atoms with Crippen LogP contribution < -0.4 is 5.73 Å². The first kappa shape index (κ1) is 19.7. The third-order valence-corrected chi connectivity index (χ3v) is 5.75. The summed E-state index contributed by atoms with van der Waals surface area (Å²) in [6.45, 7) is 2.47. The summed E-state index contributed by atoms with van der Waals surface area (Å²) < 4.78 is 44.4. The molecule has 1 saturated heterocycles. The van der Waals surface area contributed by atoms with E-state index < -0.39 is 15.8 Å². The minimum atomic E-state index is -3.60. The molecule has 0 bridgehead atoms. The second kappa shape index (κ2) is 8.19. The van der Waals surface area contributed by atoms with E-state index in [4.69, 9.17) is 10.3 Å². The monoisotopic (exact) mass is 391 g/mol. The van der Waals surface area contributed by atoms with Crippen molar-refractivity contribution in [1.29, 1.82) is 0 Å². The Balaban J connectivity index is 0.00000225. The van der Waals surface area contributed by atoms with Crippen LogP contribution in [0.4, 0.5) is 4.39 Å². The Morgan fingerprint density at radius 1 is 1.16 bits per heavy atom. The molecule has 3 rings (SSSR count). The molecule has 2 aromatic rings. The van der Waals surface area contributed by atoms with E-state index in [9.17, 15) is 12.8 Å². The van der Waals surface area contributed by atoms with E-state index in [1.54, 1.807) is 0 Å². The van der Waals surface area contributed by atoms with Crippen LogP contribution in [0.1, 0.15) is 11.7 Å². The normalized spacial score (nSPS) is 16.6. The van der Waals surface area contributed by atoms with Crippen molar-refractivity contribution in [2.45, 2.75) is 18.0 Å². The van der Waals surface area contributed by atoms with Gasteiger partial charge in [0.2, 0.25) is 15.9 Å². The zero-order chi connectivity index (χ0) is 17.2. The van der Waals surface area contributed by atoms with Crippen molar-refractivity contribution in [2.24, 2.45) is 5.73 Å². The molecule has 1 aromatic heterocycles. The van der Waals surface area contributed by atoms with E-state index in [2.05, 4.69) is 10.1 Å². The van der Waals surface area contributed by atoms with Gasteiger partial charge >= 0.3 is 0 Å². The van der Waals surface area contributed by atoms with Gasteiger partial charge < -0.3 is 10.3 Å². The number of nitrogens with two attached hydrogens (primary N) is 1. The fourth-order valence-electron chi connectivity index (χ4n) is 2.52.